The number of likely N-dealkylation sites (N-methyl/N-ethyl adjacent to an activating group) is 1. The van der Waals surface area contributed by atoms with E-state index in [0.717, 1.165) is 28.8 Å². The SMILES string of the molecule is CN(C)CCn1ncc(Br)c1C(N)c1ccc(F)cc1Br. The van der Waals surface area contributed by atoms with Crippen LogP contribution in [0.25, 0.3) is 0 Å². The van der Waals surface area contributed by atoms with Crippen LogP contribution in [0.2, 0.25) is 0 Å². The Kier molecular flexibility index (Phi) is 5.54. The molecule has 1 heterocycles. The van der Waals surface area contributed by atoms with E-state index in [9.17, 15) is 4.39 Å². The lowest BCUT2D eigenvalue weighted by Crippen LogP contribution is -2.23. The number of rotatable bonds is 5. The van der Waals surface area contributed by atoms with Crippen molar-refractivity contribution in [1.82, 2.24) is 14.7 Å². The van der Waals surface area contributed by atoms with Crippen LogP contribution in [-0.2, 0) is 6.54 Å². The first kappa shape index (κ1) is 16.6. The van der Waals surface area contributed by atoms with Crippen molar-refractivity contribution in [3.05, 3.63) is 50.4 Å². The maximum absolute atomic E-state index is 13.2. The summed E-state index contributed by atoms with van der Waals surface area (Å²) < 4.78 is 16.6. The molecule has 1 aromatic heterocycles. The second kappa shape index (κ2) is 7.00. The van der Waals surface area contributed by atoms with Gasteiger partial charge in [0.1, 0.15) is 5.82 Å². The van der Waals surface area contributed by atoms with Gasteiger partial charge in [-0.2, -0.15) is 5.10 Å². The molecule has 21 heavy (non-hydrogen) atoms. The summed E-state index contributed by atoms with van der Waals surface area (Å²) in [5.41, 5.74) is 8.06. The third-order valence-corrected chi connectivity index (χ3v) is 4.48. The number of benzene rings is 1. The number of nitrogens with zero attached hydrogens (tertiary/aromatic N) is 3. The van der Waals surface area contributed by atoms with Crippen LogP contribution >= 0.6 is 31.9 Å². The first-order valence-corrected chi connectivity index (χ1v) is 8.05. The largest absolute Gasteiger partial charge is 0.319 e. The van der Waals surface area contributed by atoms with Crippen molar-refractivity contribution in [2.24, 2.45) is 5.73 Å². The van der Waals surface area contributed by atoms with Gasteiger partial charge in [0.25, 0.3) is 0 Å². The maximum Gasteiger partial charge on any atom is 0.124 e. The zero-order valence-corrected chi connectivity index (χ0v) is 15.0. The highest BCUT2D eigenvalue weighted by Crippen LogP contribution is 2.31. The molecule has 4 nitrogen and oxygen atoms in total. The molecule has 0 fully saturated rings. The molecule has 0 bridgehead atoms. The molecule has 114 valence electrons. The second-order valence-corrected chi connectivity index (χ2v) is 6.76. The monoisotopic (exact) mass is 418 g/mol. The summed E-state index contributed by atoms with van der Waals surface area (Å²) in [4.78, 5) is 2.08. The van der Waals surface area contributed by atoms with Crippen LogP contribution in [-0.4, -0.2) is 35.3 Å². The van der Waals surface area contributed by atoms with E-state index in [2.05, 4.69) is 41.9 Å². The fourth-order valence-corrected chi connectivity index (χ4v) is 3.20. The van der Waals surface area contributed by atoms with Crippen LogP contribution in [0.4, 0.5) is 4.39 Å². The molecule has 0 amide bonds. The highest BCUT2D eigenvalue weighted by atomic mass is 79.9. The Bertz CT molecular complexity index is 627. The van der Waals surface area contributed by atoms with E-state index in [1.165, 1.54) is 12.1 Å². The predicted octanol–water partition coefficient (Wildman–Crippen LogP) is 3.16. The quantitative estimate of drug-likeness (QED) is 0.809. The zero-order valence-electron chi connectivity index (χ0n) is 11.9. The minimum atomic E-state index is -0.390. The summed E-state index contributed by atoms with van der Waals surface area (Å²) in [6, 6.07) is 4.14. The lowest BCUT2D eigenvalue weighted by atomic mass is 10.0. The molecule has 0 saturated carbocycles. The van der Waals surface area contributed by atoms with Gasteiger partial charge in [-0.15, -0.1) is 0 Å². The average molecular weight is 420 g/mol. The summed E-state index contributed by atoms with van der Waals surface area (Å²) in [6.07, 6.45) is 1.74. The van der Waals surface area contributed by atoms with Gasteiger partial charge in [0.05, 0.1) is 29.0 Å². The van der Waals surface area contributed by atoms with Crippen LogP contribution in [0.3, 0.4) is 0 Å². The molecule has 0 spiro atoms. The van der Waals surface area contributed by atoms with E-state index in [-0.39, 0.29) is 11.9 Å². The molecule has 2 aromatic rings. The number of hydrogen-bond donors (Lipinski definition) is 1. The number of nitrogens with two attached hydrogens (primary N) is 1. The molecule has 1 aromatic carbocycles. The Morgan fingerprint density at radius 1 is 1.33 bits per heavy atom. The van der Waals surface area contributed by atoms with Gasteiger partial charge in [-0.3, -0.25) is 4.68 Å². The molecule has 2 N–H and O–H groups in total. The van der Waals surface area contributed by atoms with Crippen LogP contribution in [0, 0.1) is 5.82 Å². The predicted molar refractivity (Wildman–Crippen MR) is 88.6 cm³/mol. The van der Waals surface area contributed by atoms with E-state index in [0.29, 0.717) is 4.47 Å². The van der Waals surface area contributed by atoms with Crippen molar-refractivity contribution in [3.63, 3.8) is 0 Å². The van der Waals surface area contributed by atoms with Crippen LogP contribution in [0.1, 0.15) is 17.3 Å². The minimum Gasteiger partial charge on any atom is -0.319 e. The first-order chi connectivity index (χ1) is 9.90. The molecule has 0 aliphatic rings. The van der Waals surface area contributed by atoms with E-state index in [1.54, 1.807) is 12.3 Å². The van der Waals surface area contributed by atoms with Gasteiger partial charge in [-0.25, -0.2) is 4.39 Å². The number of halogens is 3. The lowest BCUT2D eigenvalue weighted by Gasteiger charge is -2.18. The average Bonchev–Trinajstić information content (AvgIpc) is 2.77. The van der Waals surface area contributed by atoms with Crippen LogP contribution in [0.15, 0.2) is 33.3 Å². The number of aromatic nitrogens is 2. The third-order valence-electron chi connectivity index (χ3n) is 3.18. The van der Waals surface area contributed by atoms with Gasteiger partial charge >= 0.3 is 0 Å². The van der Waals surface area contributed by atoms with E-state index in [1.807, 2.05) is 18.8 Å². The van der Waals surface area contributed by atoms with Crippen LogP contribution < -0.4 is 5.73 Å². The Morgan fingerprint density at radius 3 is 2.67 bits per heavy atom. The van der Waals surface area contributed by atoms with Gasteiger partial charge in [-0.1, -0.05) is 22.0 Å². The molecule has 0 aliphatic heterocycles. The van der Waals surface area contributed by atoms with Gasteiger partial charge in [0.2, 0.25) is 0 Å². The molecule has 1 atom stereocenters. The Labute approximate surface area is 140 Å². The smallest absolute Gasteiger partial charge is 0.124 e. The molecule has 7 heteroatoms. The zero-order chi connectivity index (χ0) is 15.6. The fourth-order valence-electron chi connectivity index (χ4n) is 2.06. The molecular weight excluding hydrogens is 403 g/mol. The summed E-state index contributed by atoms with van der Waals surface area (Å²) in [7, 11) is 4.02. The van der Waals surface area contributed by atoms with Crippen molar-refractivity contribution >= 4 is 31.9 Å². The molecule has 2 rings (SSSR count). The Hall–Kier alpha value is -0.760. The summed E-state index contributed by atoms with van der Waals surface area (Å²) >= 11 is 6.87. The fraction of sp³-hybridized carbons (Fsp3) is 0.357. The summed E-state index contributed by atoms with van der Waals surface area (Å²) in [5.74, 6) is -0.294. The minimum absolute atomic E-state index is 0.294. The molecular formula is C14H17Br2FN4. The normalized spacial score (nSPS) is 12.9. The van der Waals surface area contributed by atoms with E-state index < -0.39 is 0 Å². The van der Waals surface area contributed by atoms with Crippen LogP contribution in [0.5, 0.6) is 0 Å². The topological polar surface area (TPSA) is 47.1 Å². The summed E-state index contributed by atoms with van der Waals surface area (Å²) in [6.45, 7) is 1.60. The summed E-state index contributed by atoms with van der Waals surface area (Å²) in [5, 5.41) is 4.36. The molecule has 0 aliphatic carbocycles. The lowest BCUT2D eigenvalue weighted by molar-refractivity contribution is 0.368. The van der Waals surface area contributed by atoms with Crippen molar-refractivity contribution < 1.29 is 4.39 Å². The highest BCUT2D eigenvalue weighted by molar-refractivity contribution is 9.10. The molecule has 1 unspecified atom stereocenters. The van der Waals surface area contributed by atoms with E-state index >= 15 is 0 Å². The number of hydrogen-bond acceptors (Lipinski definition) is 3. The van der Waals surface area contributed by atoms with E-state index in [4.69, 9.17) is 5.73 Å². The van der Waals surface area contributed by atoms with Gasteiger partial charge in [0.15, 0.2) is 0 Å². The Balaban J connectivity index is 2.34. The van der Waals surface area contributed by atoms with Crippen molar-refractivity contribution in [2.45, 2.75) is 12.6 Å². The van der Waals surface area contributed by atoms with Crippen molar-refractivity contribution in [2.75, 3.05) is 20.6 Å². The Morgan fingerprint density at radius 2 is 2.05 bits per heavy atom. The van der Waals surface area contributed by atoms with Crippen molar-refractivity contribution in [1.29, 1.82) is 0 Å². The van der Waals surface area contributed by atoms with Crippen molar-refractivity contribution in [3.8, 4) is 0 Å². The van der Waals surface area contributed by atoms with Gasteiger partial charge < -0.3 is 10.6 Å². The first-order valence-electron chi connectivity index (χ1n) is 6.46. The highest BCUT2D eigenvalue weighted by Gasteiger charge is 2.20. The maximum atomic E-state index is 13.2. The van der Waals surface area contributed by atoms with Gasteiger partial charge in [-0.05, 0) is 47.7 Å². The standard InChI is InChI=1S/C14H17Br2FN4/c1-20(2)5-6-21-14(12(16)8-19-21)13(18)10-4-3-9(17)7-11(10)15/h3-4,7-8,13H,5-6,18H2,1-2H3. The molecule has 0 saturated heterocycles. The molecule has 0 radical (unpaired) electrons. The third kappa shape index (κ3) is 3.91. The van der Waals surface area contributed by atoms with Gasteiger partial charge in [0, 0.05) is 11.0 Å². The second-order valence-electron chi connectivity index (χ2n) is 5.05.